The van der Waals surface area contributed by atoms with Crippen LogP contribution in [0.15, 0.2) is 60.1 Å². The summed E-state index contributed by atoms with van der Waals surface area (Å²) in [6.45, 7) is 0.413. The van der Waals surface area contributed by atoms with Crippen molar-refractivity contribution in [3.8, 4) is 11.5 Å². The highest BCUT2D eigenvalue weighted by molar-refractivity contribution is 7.10. The molecule has 3 N–H and O–H groups in total. The molecule has 116 valence electrons. The second-order valence-electron chi connectivity index (χ2n) is 4.78. The van der Waals surface area contributed by atoms with Gasteiger partial charge < -0.3 is 15.8 Å². The molecule has 2 heterocycles. The largest absolute Gasteiger partial charge is 0.456 e. The number of hydrogen-bond donors (Lipinski definition) is 2. The van der Waals surface area contributed by atoms with E-state index in [2.05, 4.69) is 10.3 Å². The zero-order chi connectivity index (χ0) is 16.1. The van der Waals surface area contributed by atoms with E-state index in [1.54, 1.807) is 18.3 Å². The van der Waals surface area contributed by atoms with E-state index in [0.29, 0.717) is 12.1 Å². The first kappa shape index (κ1) is 15.1. The van der Waals surface area contributed by atoms with Crippen molar-refractivity contribution in [1.29, 1.82) is 0 Å². The molecule has 23 heavy (non-hydrogen) atoms. The van der Waals surface area contributed by atoms with Crippen LogP contribution in [0, 0.1) is 0 Å². The molecule has 0 unspecified atom stereocenters. The number of nitrogens with zero attached hydrogens (tertiary/aromatic N) is 1. The Morgan fingerprint density at radius 1 is 1.17 bits per heavy atom. The number of ether oxygens (including phenoxy) is 1. The number of aromatic nitrogens is 1. The predicted octanol–water partition coefficient (Wildman–Crippen LogP) is 3.45. The van der Waals surface area contributed by atoms with Crippen LogP contribution in [0.25, 0.3) is 0 Å². The van der Waals surface area contributed by atoms with Crippen LogP contribution in [0.4, 0.5) is 5.82 Å². The zero-order valence-corrected chi connectivity index (χ0v) is 13.0. The lowest BCUT2D eigenvalue weighted by Crippen LogP contribution is -2.23. The number of rotatable bonds is 5. The van der Waals surface area contributed by atoms with Crippen LogP contribution in [-0.2, 0) is 6.54 Å². The molecule has 0 atom stereocenters. The van der Waals surface area contributed by atoms with Crippen molar-refractivity contribution in [2.24, 2.45) is 0 Å². The van der Waals surface area contributed by atoms with Crippen LogP contribution < -0.4 is 15.8 Å². The third-order valence-corrected chi connectivity index (χ3v) is 4.03. The Morgan fingerprint density at radius 3 is 2.78 bits per heavy atom. The molecule has 0 aliphatic heterocycles. The van der Waals surface area contributed by atoms with E-state index in [1.807, 2.05) is 41.8 Å². The number of anilines is 1. The number of nitrogens with one attached hydrogen (secondary N) is 1. The smallest absolute Gasteiger partial charge is 0.255 e. The molecule has 3 rings (SSSR count). The number of carbonyl (C=O) groups excluding carboxylic acids is 1. The lowest BCUT2D eigenvalue weighted by Gasteiger charge is -2.05. The summed E-state index contributed by atoms with van der Waals surface area (Å²) in [7, 11) is 0. The SMILES string of the molecule is Nc1ncccc1C(=O)NCc1cc(Oc2ccccc2)cs1. The first-order chi connectivity index (χ1) is 11.2. The lowest BCUT2D eigenvalue weighted by molar-refractivity contribution is 0.0952. The minimum absolute atomic E-state index is 0.226. The Kier molecular flexibility index (Phi) is 4.54. The van der Waals surface area contributed by atoms with Crippen LogP contribution in [-0.4, -0.2) is 10.9 Å². The van der Waals surface area contributed by atoms with E-state index >= 15 is 0 Å². The lowest BCUT2D eigenvalue weighted by atomic mass is 10.2. The van der Waals surface area contributed by atoms with Crippen molar-refractivity contribution in [2.45, 2.75) is 6.54 Å². The number of benzene rings is 1. The van der Waals surface area contributed by atoms with Crippen LogP contribution in [0.2, 0.25) is 0 Å². The van der Waals surface area contributed by atoms with Gasteiger partial charge in [0.2, 0.25) is 0 Å². The fourth-order valence-electron chi connectivity index (χ4n) is 2.00. The third-order valence-electron chi connectivity index (χ3n) is 3.11. The molecule has 6 heteroatoms. The molecule has 0 fully saturated rings. The van der Waals surface area contributed by atoms with E-state index in [1.165, 1.54) is 11.3 Å². The Morgan fingerprint density at radius 2 is 2.00 bits per heavy atom. The van der Waals surface area contributed by atoms with E-state index in [4.69, 9.17) is 10.5 Å². The van der Waals surface area contributed by atoms with Crippen LogP contribution in [0.1, 0.15) is 15.2 Å². The van der Waals surface area contributed by atoms with Gasteiger partial charge in [0, 0.05) is 16.5 Å². The summed E-state index contributed by atoms with van der Waals surface area (Å²) in [4.78, 5) is 17.0. The predicted molar refractivity (Wildman–Crippen MR) is 90.7 cm³/mol. The van der Waals surface area contributed by atoms with Crippen molar-refractivity contribution in [3.05, 3.63) is 70.5 Å². The average Bonchev–Trinajstić information content (AvgIpc) is 3.01. The second-order valence-corrected chi connectivity index (χ2v) is 5.78. The van der Waals surface area contributed by atoms with Gasteiger partial charge in [0.05, 0.1) is 12.1 Å². The molecular weight excluding hydrogens is 310 g/mol. The molecule has 3 aromatic rings. The van der Waals surface area contributed by atoms with Gasteiger partial charge in [0.1, 0.15) is 17.3 Å². The molecule has 0 saturated carbocycles. The summed E-state index contributed by atoms with van der Waals surface area (Å²) < 4.78 is 5.74. The van der Waals surface area contributed by atoms with Crippen molar-refractivity contribution < 1.29 is 9.53 Å². The van der Waals surface area contributed by atoms with Gasteiger partial charge in [-0.3, -0.25) is 4.79 Å². The summed E-state index contributed by atoms with van der Waals surface area (Å²) in [5, 5.41) is 4.74. The highest BCUT2D eigenvalue weighted by Gasteiger charge is 2.10. The zero-order valence-electron chi connectivity index (χ0n) is 12.2. The maximum atomic E-state index is 12.1. The summed E-state index contributed by atoms with van der Waals surface area (Å²) in [5.41, 5.74) is 6.07. The highest BCUT2D eigenvalue weighted by Crippen LogP contribution is 2.26. The van der Waals surface area contributed by atoms with E-state index in [-0.39, 0.29) is 11.7 Å². The monoisotopic (exact) mass is 325 g/mol. The molecule has 1 aromatic carbocycles. The van der Waals surface area contributed by atoms with Gasteiger partial charge in [-0.1, -0.05) is 18.2 Å². The molecule has 0 aliphatic rings. The molecule has 1 amide bonds. The van der Waals surface area contributed by atoms with Crippen molar-refractivity contribution in [2.75, 3.05) is 5.73 Å². The molecule has 0 radical (unpaired) electrons. The minimum Gasteiger partial charge on any atom is -0.456 e. The van der Waals surface area contributed by atoms with Crippen molar-refractivity contribution >= 4 is 23.1 Å². The number of amides is 1. The minimum atomic E-state index is -0.241. The first-order valence-corrected chi connectivity index (χ1v) is 7.89. The topological polar surface area (TPSA) is 77.2 Å². The fraction of sp³-hybridized carbons (Fsp3) is 0.0588. The number of pyridine rings is 1. The highest BCUT2D eigenvalue weighted by atomic mass is 32.1. The summed E-state index contributed by atoms with van der Waals surface area (Å²) in [5.74, 6) is 1.52. The van der Waals surface area contributed by atoms with Crippen molar-refractivity contribution in [3.63, 3.8) is 0 Å². The number of para-hydroxylation sites is 1. The molecular formula is C17H15N3O2S. The number of carbonyl (C=O) groups is 1. The fourth-order valence-corrected chi connectivity index (χ4v) is 2.73. The number of hydrogen-bond acceptors (Lipinski definition) is 5. The number of nitrogen functional groups attached to an aromatic ring is 1. The van der Waals surface area contributed by atoms with E-state index in [9.17, 15) is 4.79 Å². The summed E-state index contributed by atoms with van der Waals surface area (Å²) in [6.07, 6.45) is 1.55. The van der Waals surface area contributed by atoms with Gasteiger partial charge >= 0.3 is 0 Å². The molecule has 0 saturated heterocycles. The molecule has 5 nitrogen and oxygen atoms in total. The Labute approximate surface area is 137 Å². The standard InChI is InChI=1S/C17H15N3O2S/c18-16-15(7-4-8-19-16)17(21)20-10-14-9-13(11-23-14)22-12-5-2-1-3-6-12/h1-9,11H,10H2,(H2,18,19)(H,20,21). The van der Waals surface area contributed by atoms with Crippen molar-refractivity contribution in [1.82, 2.24) is 10.3 Å². The van der Waals surface area contributed by atoms with Gasteiger partial charge in [-0.05, 0) is 30.3 Å². The normalized spacial score (nSPS) is 10.3. The van der Waals surface area contributed by atoms with E-state index in [0.717, 1.165) is 16.4 Å². The Hall–Kier alpha value is -2.86. The van der Waals surface area contributed by atoms with Crippen LogP contribution >= 0.6 is 11.3 Å². The van der Waals surface area contributed by atoms with Gasteiger partial charge in [0.15, 0.2) is 0 Å². The number of nitrogens with two attached hydrogens (primary N) is 1. The van der Waals surface area contributed by atoms with Gasteiger partial charge in [-0.15, -0.1) is 11.3 Å². The molecule has 0 bridgehead atoms. The molecule has 0 aliphatic carbocycles. The third kappa shape index (κ3) is 3.87. The van der Waals surface area contributed by atoms with Crippen LogP contribution in [0.3, 0.4) is 0 Å². The number of thiophene rings is 1. The maximum absolute atomic E-state index is 12.1. The van der Waals surface area contributed by atoms with Crippen LogP contribution in [0.5, 0.6) is 11.5 Å². The van der Waals surface area contributed by atoms with Gasteiger partial charge in [-0.2, -0.15) is 0 Å². The molecule has 2 aromatic heterocycles. The van der Waals surface area contributed by atoms with E-state index < -0.39 is 0 Å². The quantitative estimate of drug-likeness (QED) is 0.753. The van der Waals surface area contributed by atoms with Gasteiger partial charge in [-0.25, -0.2) is 4.98 Å². The average molecular weight is 325 g/mol. The maximum Gasteiger partial charge on any atom is 0.255 e. The molecule has 0 spiro atoms. The Bertz CT molecular complexity index is 802. The summed E-state index contributed by atoms with van der Waals surface area (Å²) in [6, 6.07) is 14.8. The Balaban J connectivity index is 1.59. The first-order valence-electron chi connectivity index (χ1n) is 7.01. The second kappa shape index (κ2) is 6.93. The van der Waals surface area contributed by atoms with Gasteiger partial charge in [0.25, 0.3) is 5.91 Å². The summed E-state index contributed by atoms with van der Waals surface area (Å²) >= 11 is 1.52.